The SMILES string of the molecule is CC(=O)N[C@@H](C)C(=O)N[C@H](C)C(=O)N[C@@H](C)C(=O)N[C@@H](C)C(=O)O. The van der Waals surface area contributed by atoms with Crippen molar-refractivity contribution in [1.82, 2.24) is 21.3 Å². The van der Waals surface area contributed by atoms with Gasteiger partial charge in [-0.05, 0) is 27.7 Å². The Kier molecular flexibility index (Phi) is 8.43. The van der Waals surface area contributed by atoms with Gasteiger partial charge in [0, 0.05) is 6.92 Å². The lowest BCUT2D eigenvalue weighted by Crippen LogP contribution is -2.55. The van der Waals surface area contributed by atoms with Gasteiger partial charge in [0.15, 0.2) is 0 Å². The monoisotopic (exact) mass is 344 g/mol. The van der Waals surface area contributed by atoms with Gasteiger partial charge in [-0.25, -0.2) is 0 Å². The Morgan fingerprint density at radius 1 is 0.625 bits per heavy atom. The lowest BCUT2D eigenvalue weighted by Gasteiger charge is -2.20. The molecule has 0 aromatic carbocycles. The zero-order valence-corrected chi connectivity index (χ0v) is 14.3. The number of nitrogens with one attached hydrogen (secondary N) is 4. The van der Waals surface area contributed by atoms with Gasteiger partial charge in [0.1, 0.15) is 24.2 Å². The maximum Gasteiger partial charge on any atom is 0.325 e. The van der Waals surface area contributed by atoms with Crippen molar-refractivity contribution in [1.29, 1.82) is 0 Å². The highest BCUT2D eigenvalue weighted by Crippen LogP contribution is 1.92. The third-order valence-corrected chi connectivity index (χ3v) is 3.05. The first kappa shape index (κ1) is 21.4. The first-order valence-electron chi connectivity index (χ1n) is 7.36. The van der Waals surface area contributed by atoms with Gasteiger partial charge in [-0.15, -0.1) is 0 Å². The average Bonchev–Trinajstić information content (AvgIpc) is 2.45. The Morgan fingerprint density at radius 3 is 1.21 bits per heavy atom. The van der Waals surface area contributed by atoms with Gasteiger partial charge < -0.3 is 26.4 Å². The fourth-order valence-electron chi connectivity index (χ4n) is 1.58. The second kappa shape index (κ2) is 9.48. The number of aliphatic carboxylic acids is 1. The molecule has 0 aromatic heterocycles. The highest BCUT2D eigenvalue weighted by Gasteiger charge is 2.24. The second-order valence-electron chi connectivity index (χ2n) is 5.45. The van der Waals surface area contributed by atoms with Crippen LogP contribution < -0.4 is 21.3 Å². The number of carbonyl (C=O) groups excluding carboxylic acids is 4. The molecule has 0 aliphatic rings. The molecular formula is C14H24N4O6. The van der Waals surface area contributed by atoms with Crippen LogP contribution in [-0.4, -0.2) is 58.9 Å². The molecule has 0 saturated carbocycles. The van der Waals surface area contributed by atoms with E-state index in [1.54, 1.807) is 0 Å². The summed E-state index contributed by atoms with van der Waals surface area (Å²) >= 11 is 0. The Hall–Kier alpha value is -2.65. The van der Waals surface area contributed by atoms with Gasteiger partial charge in [0.2, 0.25) is 23.6 Å². The largest absolute Gasteiger partial charge is 0.480 e. The van der Waals surface area contributed by atoms with Crippen molar-refractivity contribution < 1.29 is 29.1 Å². The van der Waals surface area contributed by atoms with Crippen molar-refractivity contribution in [3.05, 3.63) is 0 Å². The van der Waals surface area contributed by atoms with E-state index < -0.39 is 47.9 Å². The van der Waals surface area contributed by atoms with E-state index in [1.165, 1.54) is 34.6 Å². The molecule has 0 aliphatic carbocycles. The molecule has 4 atom stereocenters. The van der Waals surface area contributed by atoms with Gasteiger partial charge >= 0.3 is 5.97 Å². The number of carboxylic acids is 1. The molecule has 10 nitrogen and oxygen atoms in total. The van der Waals surface area contributed by atoms with Gasteiger partial charge in [0.25, 0.3) is 0 Å². The fourth-order valence-corrected chi connectivity index (χ4v) is 1.58. The molecule has 0 unspecified atom stereocenters. The van der Waals surface area contributed by atoms with Crippen molar-refractivity contribution in [2.24, 2.45) is 0 Å². The molecule has 136 valence electrons. The summed E-state index contributed by atoms with van der Waals surface area (Å²) in [4.78, 5) is 57.0. The average molecular weight is 344 g/mol. The van der Waals surface area contributed by atoms with E-state index in [0.29, 0.717) is 0 Å². The number of carboxylic acid groups (broad SMARTS) is 1. The summed E-state index contributed by atoms with van der Waals surface area (Å²) in [5, 5.41) is 18.1. The predicted octanol–water partition coefficient (Wildman–Crippen LogP) is -1.89. The number of carbonyl (C=O) groups is 5. The van der Waals surface area contributed by atoms with Crippen molar-refractivity contribution in [3.8, 4) is 0 Å². The normalized spacial score (nSPS) is 15.2. The smallest absolute Gasteiger partial charge is 0.325 e. The summed E-state index contributed by atoms with van der Waals surface area (Å²) in [7, 11) is 0. The molecular weight excluding hydrogens is 320 g/mol. The summed E-state index contributed by atoms with van der Waals surface area (Å²) in [5.74, 6) is -3.42. The second-order valence-corrected chi connectivity index (χ2v) is 5.45. The maximum absolute atomic E-state index is 11.9. The molecule has 0 saturated heterocycles. The summed E-state index contributed by atoms with van der Waals surface area (Å²) < 4.78 is 0. The highest BCUT2D eigenvalue weighted by molar-refractivity contribution is 5.94. The van der Waals surface area contributed by atoms with Gasteiger partial charge in [0.05, 0.1) is 0 Å². The van der Waals surface area contributed by atoms with E-state index in [2.05, 4.69) is 21.3 Å². The zero-order valence-electron chi connectivity index (χ0n) is 14.3. The van der Waals surface area contributed by atoms with Crippen molar-refractivity contribution >= 4 is 29.6 Å². The summed E-state index contributed by atoms with van der Waals surface area (Å²) in [6.45, 7) is 6.82. The minimum atomic E-state index is -1.20. The molecule has 0 aromatic rings. The molecule has 0 bridgehead atoms. The summed E-state index contributed by atoms with van der Waals surface area (Å²) in [6.07, 6.45) is 0. The van der Waals surface area contributed by atoms with Crippen LogP contribution in [0.3, 0.4) is 0 Å². The van der Waals surface area contributed by atoms with E-state index in [4.69, 9.17) is 5.11 Å². The van der Waals surface area contributed by atoms with E-state index in [1.807, 2.05) is 0 Å². The van der Waals surface area contributed by atoms with Gasteiger partial charge in [-0.1, -0.05) is 0 Å². The topological polar surface area (TPSA) is 154 Å². The molecule has 0 spiro atoms. The number of hydrogen-bond acceptors (Lipinski definition) is 5. The molecule has 0 aliphatic heterocycles. The summed E-state index contributed by atoms with van der Waals surface area (Å²) in [6, 6.07) is -3.82. The maximum atomic E-state index is 11.9. The van der Waals surface area contributed by atoms with Crippen LogP contribution in [0, 0.1) is 0 Å². The van der Waals surface area contributed by atoms with Gasteiger partial charge in [-0.2, -0.15) is 0 Å². The molecule has 0 fully saturated rings. The van der Waals surface area contributed by atoms with E-state index in [0.717, 1.165) is 0 Å². The van der Waals surface area contributed by atoms with Crippen LogP contribution in [0.1, 0.15) is 34.6 Å². The van der Waals surface area contributed by atoms with Crippen molar-refractivity contribution in [3.63, 3.8) is 0 Å². The van der Waals surface area contributed by atoms with E-state index in [9.17, 15) is 24.0 Å². The van der Waals surface area contributed by atoms with Crippen LogP contribution in [0.2, 0.25) is 0 Å². The first-order valence-corrected chi connectivity index (χ1v) is 7.36. The van der Waals surface area contributed by atoms with Crippen LogP contribution in [0.5, 0.6) is 0 Å². The third kappa shape index (κ3) is 7.56. The number of rotatable bonds is 8. The zero-order chi connectivity index (χ0) is 19.0. The minimum Gasteiger partial charge on any atom is -0.480 e. The molecule has 4 amide bonds. The van der Waals surface area contributed by atoms with Gasteiger partial charge in [-0.3, -0.25) is 24.0 Å². The summed E-state index contributed by atoms with van der Waals surface area (Å²) in [5.41, 5.74) is 0. The van der Waals surface area contributed by atoms with E-state index >= 15 is 0 Å². The minimum absolute atomic E-state index is 0.382. The first-order chi connectivity index (χ1) is 11.0. The lowest BCUT2D eigenvalue weighted by atomic mass is 10.2. The van der Waals surface area contributed by atoms with Crippen molar-refractivity contribution in [2.45, 2.75) is 58.8 Å². The Labute approximate surface area is 139 Å². The fraction of sp³-hybridized carbons (Fsp3) is 0.643. The van der Waals surface area contributed by atoms with Crippen LogP contribution in [-0.2, 0) is 24.0 Å². The molecule has 10 heteroatoms. The standard InChI is InChI=1S/C14H24N4O6/c1-6(15-10(5)19)11(20)16-7(2)12(21)17-8(3)13(22)18-9(4)14(23)24/h6-9H,1-5H3,(H,15,19)(H,16,20)(H,17,21)(H,18,22)(H,23,24)/t6-,7+,8-,9-/m0/s1. The third-order valence-electron chi connectivity index (χ3n) is 3.05. The number of hydrogen-bond donors (Lipinski definition) is 5. The van der Waals surface area contributed by atoms with Crippen LogP contribution >= 0.6 is 0 Å². The van der Waals surface area contributed by atoms with Crippen LogP contribution in [0.25, 0.3) is 0 Å². The lowest BCUT2D eigenvalue weighted by molar-refractivity contribution is -0.141. The Bertz CT molecular complexity index is 521. The molecule has 0 radical (unpaired) electrons. The van der Waals surface area contributed by atoms with Crippen molar-refractivity contribution in [2.75, 3.05) is 0 Å². The Morgan fingerprint density at radius 2 is 0.917 bits per heavy atom. The molecule has 0 heterocycles. The molecule has 0 rings (SSSR count). The van der Waals surface area contributed by atoms with Crippen LogP contribution in [0.4, 0.5) is 0 Å². The molecule has 24 heavy (non-hydrogen) atoms. The molecule has 5 N–H and O–H groups in total. The number of amides is 4. The van der Waals surface area contributed by atoms with E-state index in [-0.39, 0.29) is 5.91 Å². The Balaban J connectivity index is 4.48. The van der Waals surface area contributed by atoms with Crippen LogP contribution in [0.15, 0.2) is 0 Å². The quantitative estimate of drug-likeness (QED) is 0.347. The highest BCUT2D eigenvalue weighted by atomic mass is 16.4. The predicted molar refractivity (Wildman–Crippen MR) is 83.7 cm³/mol.